The van der Waals surface area contributed by atoms with E-state index in [-0.39, 0.29) is 12.2 Å². The fourth-order valence-corrected chi connectivity index (χ4v) is 1.45. The summed E-state index contributed by atoms with van der Waals surface area (Å²) in [5.41, 5.74) is 4.01. The molecule has 0 unspecified atom stereocenters. The SMILES string of the molecule is NCC#Cc1ccc(-n2c(=O)[nH][nH]c2=O)c(F)c1. The summed E-state index contributed by atoms with van der Waals surface area (Å²) >= 11 is 0. The van der Waals surface area contributed by atoms with Gasteiger partial charge in [-0.15, -0.1) is 0 Å². The third-order valence-corrected chi connectivity index (χ3v) is 2.21. The molecule has 1 aromatic carbocycles. The second-order valence-electron chi connectivity index (χ2n) is 3.37. The Hall–Kier alpha value is -2.59. The highest BCUT2D eigenvalue weighted by Crippen LogP contribution is 2.11. The van der Waals surface area contributed by atoms with Crippen molar-refractivity contribution in [1.82, 2.24) is 14.8 Å². The van der Waals surface area contributed by atoms with E-state index in [1.165, 1.54) is 12.1 Å². The second kappa shape index (κ2) is 4.73. The van der Waals surface area contributed by atoms with Crippen molar-refractivity contribution in [3.05, 3.63) is 50.5 Å². The van der Waals surface area contributed by atoms with Gasteiger partial charge >= 0.3 is 11.4 Å². The first-order chi connectivity index (χ1) is 8.63. The number of aromatic amines is 2. The van der Waals surface area contributed by atoms with Crippen molar-refractivity contribution in [2.75, 3.05) is 6.54 Å². The zero-order valence-electron chi connectivity index (χ0n) is 9.16. The highest BCUT2D eigenvalue weighted by molar-refractivity contribution is 5.42. The third-order valence-electron chi connectivity index (χ3n) is 2.21. The van der Waals surface area contributed by atoms with Crippen LogP contribution in [0.25, 0.3) is 5.69 Å². The van der Waals surface area contributed by atoms with Crippen LogP contribution >= 0.6 is 0 Å². The van der Waals surface area contributed by atoms with Gasteiger partial charge in [0.1, 0.15) is 5.82 Å². The van der Waals surface area contributed by atoms with Crippen LogP contribution in [0.3, 0.4) is 0 Å². The fourth-order valence-electron chi connectivity index (χ4n) is 1.45. The second-order valence-corrected chi connectivity index (χ2v) is 3.37. The summed E-state index contributed by atoms with van der Waals surface area (Å²) in [4.78, 5) is 22.6. The summed E-state index contributed by atoms with van der Waals surface area (Å²) in [7, 11) is 0. The van der Waals surface area contributed by atoms with Gasteiger partial charge in [0.25, 0.3) is 0 Å². The minimum Gasteiger partial charge on any atom is -0.320 e. The molecule has 4 N–H and O–H groups in total. The van der Waals surface area contributed by atoms with Crippen LogP contribution < -0.4 is 17.1 Å². The first-order valence-electron chi connectivity index (χ1n) is 5.02. The predicted octanol–water partition coefficient (Wildman–Crippen LogP) is -0.697. The molecule has 2 aromatic rings. The molecule has 0 aliphatic heterocycles. The van der Waals surface area contributed by atoms with Crippen molar-refractivity contribution in [2.24, 2.45) is 5.73 Å². The number of benzene rings is 1. The Morgan fingerprint density at radius 1 is 1.28 bits per heavy atom. The highest BCUT2D eigenvalue weighted by Gasteiger charge is 2.10. The van der Waals surface area contributed by atoms with Crippen LogP contribution in [-0.2, 0) is 0 Å². The van der Waals surface area contributed by atoms with Crippen molar-refractivity contribution in [3.63, 3.8) is 0 Å². The van der Waals surface area contributed by atoms with Crippen molar-refractivity contribution in [1.29, 1.82) is 0 Å². The molecule has 18 heavy (non-hydrogen) atoms. The molecule has 0 aliphatic rings. The van der Waals surface area contributed by atoms with Gasteiger partial charge in [-0.25, -0.2) is 28.7 Å². The highest BCUT2D eigenvalue weighted by atomic mass is 19.1. The van der Waals surface area contributed by atoms with E-state index >= 15 is 0 Å². The average Bonchev–Trinajstić information content (AvgIpc) is 2.67. The lowest BCUT2D eigenvalue weighted by atomic mass is 10.2. The van der Waals surface area contributed by atoms with Crippen LogP contribution in [0.15, 0.2) is 27.8 Å². The number of H-pyrrole nitrogens is 2. The van der Waals surface area contributed by atoms with Gasteiger partial charge < -0.3 is 5.73 Å². The molecule has 0 saturated carbocycles. The van der Waals surface area contributed by atoms with Gasteiger partial charge in [0.05, 0.1) is 12.2 Å². The van der Waals surface area contributed by atoms with Crippen molar-refractivity contribution < 1.29 is 4.39 Å². The lowest BCUT2D eigenvalue weighted by Gasteiger charge is -2.01. The van der Waals surface area contributed by atoms with Gasteiger partial charge in [-0.05, 0) is 18.2 Å². The minimum absolute atomic E-state index is 0.138. The molecule has 2 rings (SSSR count). The van der Waals surface area contributed by atoms with Crippen LogP contribution in [0, 0.1) is 17.7 Å². The average molecular weight is 248 g/mol. The zero-order chi connectivity index (χ0) is 13.1. The van der Waals surface area contributed by atoms with Crippen LogP contribution in [0.5, 0.6) is 0 Å². The smallest absolute Gasteiger partial charge is 0.320 e. The molecule has 0 radical (unpaired) electrons. The number of aromatic nitrogens is 3. The number of nitrogens with zero attached hydrogens (tertiary/aromatic N) is 1. The van der Waals surface area contributed by atoms with E-state index in [1.54, 1.807) is 0 Å². The molecule has 1 aromatic heterocycles. The number of halogens is 1. The summed E-state index contributed by atoms with van der Waals surface area (Å²) in [6.07, 6.45) is 0. The molecule has 0 bridgehead atoms. The molecule has 0 aliphatic carbocycles. The normalized spacial score (nSPS) is 9.89. The molecule has 6 nitrogen and oxygen atoms in total. The standard InChI is InChI=1S/C11H9FN4O2/c12-8-6-7(2-1-5-13)3-4-9(8)16-10(17)14-15-11(16)18/h3-4,6H,5,13H2,(H,14,17)(H,15,18). The van der Waals surface area contributed by atoms with E-state index in [0.29, 0.717) is 10.1 Å². The van der Waals surface area contributed by atoms with Crippen LogP contribution in [0.1, 0.15) is 5.56 Å². The summed E-state index contributed by atoms with van der Waals surface area (Å²) in [6.45, 7) is 0.167. The number of nitrogens with two attached hydrogens (primary N) is 1. The lowest BCUT2D eigenvalue weighted by molar-refractivity contribution is 0.614. The molecule has 0 atom stereocenters. The molecule has 0 amide bonds. The molecule has 7 heteroatoms. The zero-order valence-corrected chi connectivity index (χ0v) is 9.16. The van der Waals surface area contributed by atoms with Gasteiger partial charge in [0, 0.05) is 5.56 Å². The molecule has 92 valence electrons. The van der Waals surface area contributed by atoms with Crippen molar-refractivity contribution >= 4 is 0 Å². The van der Waals surface area contributed by atoms with E-state index in [1.807, 2.05) is 0 Å². The first kappa shape index (κ1) is 11.9. The van der Waals surface area contributed by atoms with E-state index in [9.17, 15) is 14.0 Å². The molecule has 0 fully saturated rings. The summed E-state index contributed by atoms with van der Waals surface area (Å²) in [6, 6.07) is 3.94. The Morgan fingerprint density at radius 2 is 1.94 bits per heavy atom. The fraction of sp³-hybridized carbons (Fsp3) is 0.0909. The summed E-state index contributed by atoms with van der Waals surface area (Å²) in [5, 5.41) is 4.14. The monoisotopic (exact) mass is 248 g/mol. The van der Waals surface area contributed by atoms with E-state index in [4.69, 9.17) is 5.73 Å². The van der Waals surface area contributed by atoms with E-state index < -0.39 is 17.2 Å². The third kappa shape index (κ3) is 2.09. The van der Waals surface area contributed by atoms with Gasteiger partial charge in [0.2, 0.25) is 0 Å². The van der Waals surface area contributed by atoms with E-state index in [2.05, 4.69) is 22.0 Å². The van der Waals surface area contributed by atoms with Crippen molar-refractivity contribution in [2.45, 2.75) is 0 Å². The Bertz CT molecular complexity index is 717. The molecule has 1 heterocycles. The molecular weight excluding hydrogens is 239 g/mol. The summed E-state index contributed by atoms with van der Waals surface area (Å²) in [5.74, 6) is 4.51. The Balaban J connectivity index is 2.55. The topological polar surface area (TPSA) is 96.7 Å². The molecule has 0 spiro atoms. The molecular formula is C11H9FN4O2. The van der Waals surface area contributed by atoms with E-state index in [0.717, 1.165) is 6.07 Å². The largest absolute Gasteiger partial charge is 0.349 e. The number of hydrogen-bond donors (Lipinski definition) is 3. The van der Waals surface area contributed by atoms with Crippen LogP contribution in [0.2, 0.25) is 0 Å². The first-order valence-corrected chi connectivity index (χ1v) is 5.02. The van der Waals surface area contributed by atoms with Gasteiger partial charge in [0.15, 0.2) is 0 Å². The van der Waals surface area contributed by atoms with Crippen LogP contribution in [0.4, 0.5) is 4.39 Å². The number of nitrogens with one attached hydrogen (secondary N) is 2. The molecule has 0 saturated heterocycles. The lowest BCUT2D eigenvalue weighted by Crippen LogP contribution is -2.25. The van der Waals surface area contributed by atoms with Gasteiger partial charge in [-0.3, -0.25) is 0 Å². The number of hydrogen-bond acceptors (Lipinski definition) is 3. The Kier molecular flexibility index (Phi) is 3.12. The van der Waals surface area contributed by atoms with Gasteiger partial charge in [-0.2, -0.15) is 0 Å². The van der Waals surface area contributed by atoms with Gasteiger partial charge in [-0.1, -0.05) is 11.8 Å². The Labute approximate surface area is 100 Å². The summed E-state index contributed by atoms with van der Waals surface area (Å²) < 4.78 is 14.4. The maximum atomic E-state index is 13.8. The maximum Gasteiger partial charge on any atom is 0.349 e. The number of rotatable bonds is 1. The predicted molar refractivity (Wildman–Crippen MR) is 62.9 cm³/mol. The van der Waals surface area contributed by atoms with Crippen molar-refractivity contribution in [3.8, 4) is 17.5 Å². The maximum absolute atomic E-state index is 13.8. The van der Waals surface area contributed by atoms with Crippen LogP contribution in [-0.4, -0.2) is 21.3 Å². The Morgan fingerprint density at radius 3 is 2.50 bits per heavy atom. The quantitative estimate of drug-likeness (QED) is 0.582. The minimum atomic E-state index is -0.736.